The van der Waals surface area contributed by atoms with E-state index in [1.807, 2.05) is 48.5 Å². The lowest BCUT2D eigenvalue weighted by molar-refractivity contribution is -0.147. The molecule has 0 aromatic heterocycles. The quantitative estimate of drug-likeness (QED) is 0.435. The fraction of sp³-hybridized carbons (Fsp3) is 0.320. The molecule has 0 bridgehead atoms. The van der Waals surface area contributed by atoms with E-state index in [-0.39, 0.29) is 31.9 Å². The largest absolute Gasteiger partial charge is 0.479 e. The maximum Gasteiger partial charge on any atom is 0.407 e. The van der Waals surface area contributed by atoms with Gasteiger partial charge in [-0.2, -0.15) is 0 Å². The van der Waals surface area contributed by atoms with E-state index >= 15 is 0 Å². The maximum atomic E-state index is 12.5. The summed E-state index contributed by atoms with van der Waals surface area (Å²) in [5.74, 6) is 3.41. The summed E-state index contributed by atoms with van der Waals surface area (Å²) in [6.45, 7) is 1.67. The van der Waals surface area contributed by atoms with Crippen LogP contribution in [0, 0.1) is 11.8 Å². The van der Waals surface area contributed by atoms with Crippen molar-refractivity contribution in [1.82, 2.24) is 10.6 Å². The zero-order valence-corrected chi connectivity index (χ0v) is 18.2. The molecule has 8 nitrogen and oxygen atoms in total. The van der Waals surface area contributed by atoms with Gasteiger partial charge in [-0.3, -0.25) is 4.79 Å². The Bertz CT molecular complexity index is 1040. The standard InChI is InChI=1S/C25H26N2O6/c1-2-3-12-21(23(29)26-14-13-22(28)24(30)31)27-25(32)33-15-20-18-10-6-4-8-16(18)17-9-5-7-11-19(17)20/h4-11,20-22,28H,12-15H2,1H3,(H,26,29)(H,27,32)(H,30,31)/t21?,22-/m0/s1. The second-order valence-corrected chi connectivity index (χ2v) is 7.59. The van der Waals surface area contributed by atoms with Crippen molar-refractivity contribution in [3.63, 3.8) is 0 Å². The van der Waals surface area contributed by atoms with Crippen molar-refractivity contribution in [3.8, 4) is 23.0 Å². The molecule has 172 valence electrons. The number of carbonyl (C=O) groups excluding carboxylic acids is 2. The van der Waals surface area contributed by atoms with E-state index in [4.69, 9.17) is 9.84 Å². The first-order valence-corrected chi connectivity index (χ1v) is 10.6. The van der Waals surface area contributed by atoms with Gasteiger partial charge in [0.2, 0.25) is 5.91 Å². The normalized spacial score (nSPS) is 13.5. The number of aliphatic hydroxyl groups excluding tert-OH is 1. The average Bonchev–Trinajstić information content (AvgIpc) is 3.13. The number of alkyl carbamates (subject to hydrolysis) is 1. The van der Waals surface area contributed by atoms with Gasteiger partial charge in [0.25, 0.3) is 0 Å². The van der Waals surface area contributed by atoms with Crippen molar-refractivity contribution in [2.45, 2.75) is 37.8 Å². The molecule has 1 aliphatic rings. The highest BCUT2D eigenvalue weighted by Crippen LogP contribution is 2.44. The third-order valence-corrected chi connectivity index (χ3v) is 5.44. The SMILES string of the molecule is CC#CCC(NC(=O)OCC1c2ccccc2-c2ccccc21)C(=O)NCC[C@H](O)C(=O)O. The number of carboxylic acids is 1. The highest BCUT2D eigenvalue weighted by Gasteiger charge is 2.29. The molecule has 0 radical (unpaired) electrons. The minimum Gasteiger partial charge on any atom is -0.479 e. The van der Waals surface area contributed by atoms with Crippen molar-refractivity contribution in [2.75, 3.05) is 13.2 Å². The van der Waals surface area contributed by atoms with E-state index in [1.54, 1.807) is 6.92 Å². The molecule has 2 aromatic carbocycles. The van der Waals surface area contributed by atoms with Gasteiger partial charge in [0.1, 0.15) is 12.6 Å². The van der Waals surface area contributed by atoms with E-state index in [0.29, 0.717) is 0 Å². The Morgan fingerprint density at radius 1 is 1.06 bits per heavy atom. The predicted molar refractivity (Wildman–Crippen MR) is 121 cm³/mol. The molecule has 3 rings (SSSR count). The Hall–Kier alpha value is -3.83. The molecule has 4 N–H and O–H groups in total. The Balaban J connectivity index is 1.60. The van der Waals surface area contributed by atoms with Crippen molar-refractivity contribution in [3.05, 3.63) is 59.7 Å². The number of aliphatic carboxylic acids is 1. The van der Waals surface area contributed by atoms with Gasteiger partial charge in [-0.1, -0.05) is 48.5 Å². The first-order valence-electron chi connectivity index (χ1n) is 10.6. The van der Waals surface area contributed by atoms with E-state index in [0.717, 1.165) is 22.3 Å². The van der Waals surface area contributed by atoms with Gasteiger partial charge in [-0.05, 0) is 29.2 Å². The van der Waals surface area contributed by atoms with E-state index in [1.165, 1.54) is 0 Å². The fourth-order valence-electron chi connectivity index (χ4n) is 3.77. The zero-order chi connectivity index (χ0) is 23.8. The molecule has 33 heavy (non-hydrogen) atoms. The molecule has 0 aliphatic heterocycles. The molecule has 0 heterocycles. The number of amides is 2. The third-order valence-electron chi connectivity index (χ3n) is 5.44. The molecule has 2 amide bonds. The van der Waals surface area contributed by atoms with Gasteiger partial charge in [-0.15, -0.1) is 11.8 Å². The van der Waals surface area contributed by atoms with Crippen LogP contribution < -0.4 is 10.6 Å². The number of hydrogen-bond acceptors (Lipinski definition) is 5. The average molecular weight is 450 g/mol. The number of aliphatic hydroxyl groups is 1. The summed E-state index contributed by atoms with van der Waals surface area (Å²) in [6, 6.07) is 15.0. The van der Waals surface area contributed by atoms with E-state index < -0.39 is 30.1 Å². The van der Waals surface area contributed by atoms with Gasteiger partial charge in [0.15, 0.2) is 6.10 Å². The number of rotatable bonds is 9. The van der Waals surface area contributed by atoms with Crippen LogP contribution in [0.15, 0.2) is 48.5 Å². The number of benzene rings is 2. The van der Waals surface area contributed by atoms with Crippen LogP contribution in [0.2, 0.25) is 0 Å². The van der Waals surface area contributed by atoms with Crippen LogP contribution in [-0.2, 0) is 14.3 Å². The van der Waals surface area contributed by atoms with Crippen LogP contribution >= 0.6 is 0 Å². The second kappa shape index (κ2) is 11.2. The number of carbonyl (C=O) groups is 3. The van der Waals surface area contributed by atoms with E-state index in [9.17, 15) is 19.5 Å². The Kier molecular flexibility index (Phi) is 8.06. The van der Waals surface area contributed by atoms with E-state index in [2.05, 4.69) is 22.5 Å². The Labute approximate surface area is 192 Å². The molecular weight excluding hydrogens is 424 g/mol. The molecule has 0 fully saturated rings. The summed E-state index contributed by atoms with van der Waals surface area (Å²) in [7, 11) is 0. The summed E-state index contributed by atoms with van der Waals surface area (Å²) < 4.78 is 5.48. The number of hydrogen-bond donors (Lipinski definition) is 4. The smallest absolute Gasteiger partial charge is 0.407 e. The monoisotopic (exact) mass is 450 g/mol. The molecule has 8 heteroatoms. The van der Waals surface area contributed by atoms with Crippen LogP contribution in [-0.4, -0.2) is 53.5 Å². The van der Waals surface area contributed by atoms with Crippen molar-refractivity contribution in [2.24, 2.45) is 0 Å². The molecule has 1 unspecified atom stereocenters. The lowest BCUT2D eigenvalue weighted by Crippen LogP contribution is -2.47. The molecule has 0 saturated heterocycles. The first kappa shape index (κ1) is 23.8. The highest BCUT2D eigenvalue weighted by molar-refractivity contribution is 5.86. The topological polar surface area (TPSA) is 125 Å². The molecule has 0 spiro atoms. The molecular formula is C25H26N2O6. The summed E-state index contributed by atoms with van der Waals surface area (Å²) >= 11 is 0. The molecule has 1 aliphatic carbocycles. The second-order valence-electron chi connectivity index (χ2n) is 7.59. The van der Waals surface area contributed by atoms with Crippen molar-refractivity contribution in [1.29, 1.82) is 0 Å². The van der Waals surface area contributed by atoms with Gasteiger partial charge < -0.3 is 25.6 Å². The number of fused-ring (bicyclic) bond motifs is 3. The third kappa shape index (κ3) is 5.90. The van der Waals surface area contributed by atoms with Crippen LogP contribution in [0.5, 0.6) is 0 Å². The summed E-state index contributed by atoms with van der Waals surface area (Å²) in [5.41, 5.74) is 4.38. The Morgan fingerprint density at radius 2 is 1.67 bits per heavy atom. The molecule has 2 atom stereocenters. The molecule has 0 saturated carbocycles. The maximum absolute atomic E-state index is 12.5. The van der Waals surface area contributed by atoms with Crippen molar-refractivity contribution < 1.29 is 29.3 Å². The highest BCUT2D eigenvalue weighted by atomic mass is 16.5. The number of nitrogens with one attached hydrogen (secondary N) is 2. The summed E-state index contributed by atoms with van der Waals surface area (Å²) in [4.78, 5) is 35.6. The minimum atomic E-state index is -1.57. The van der Waals surface area contributed by atoms with Crippen LogP contribution in [0.25, 0.3) is 11.1 Å². The summed E-state index contributed by atoms with van der Waals surface area (Å²) in [5, 5.41) is 23.1. The number of carboxylic acid groups (broad SMARTS) is 1. The number of ether oxygens (including phenoxy) is 1. The van der Waals surface area contributed by atoms with Gasteiger partial charge in [0, 0.05) is 25.3 Å². The van der Waals surface area contributed by atoms with Gasteiger partial charge in [0.05, 0.1) is 0 Å². The van der Waals surface area contributed by atoms with Crippen LogP contribution in [0.1, 0.15) is 36.8 Å². The van der Waals surface area contributed by atoms with Gasteiger partial charge >= 0.3 is 12.1 Å². The summed E-state index contributed by atoms with van der Waals surface area (Å²) in [6.07, 6.45) is -2.42. The van der Waals surface area contributed by atoms with Crippen molar-refractivity contribution >= 4 is 18.0 Å². The first-order chi connectivity index (χ1) is 15.9. The molecule has 2 aromatic rings. The lowest BCUT2D eigenvalue weighted by atomic mass is 9.98. The minimum absolute atomic E-state index is 0.0608. The lowest BCUT2D eigenvalue weighted by Gasteiger charge is -2.18. The fourth-order valence-corrected chi connectivity index (χ4v) is 3.77. The van der Waals surface area contributed by atoms with Crippen LogP contribution in [0.3, 0.4) is 0 Å². The van der Waals surface area contributed by atoms with Gasteiger partial charge in [-0.25, -0.2) is 9.59 Å². The Morgan fingerprint density at radius 3 is 2.24 bits per heavy atom. The zero-order valence-electron chi connectivity index (χ0n) is 18.2. The van der Waals surface area contributed by atoms with Crippen LogP contribution in [0.4, 0.5) is 4.79 Å². The predicted octanol–water partition coefficient (Wildman–Crippen LogP) is 2.26.